The van der Waals surface area contributed by atoms with E-state index in [0.29, 0.717) is 7.35 Å². The number of fused-ring (bicyclic) bond motifs is 2. The van der Waals surface area contributed by atoms with Gasteiger partial charge in [0.2, 0.25) is 0 Å². The third kappa shape index (κ3) is 4.54. The average Bonchev–Trinajstić information content (AvgIpc) is 3.53. The van der Waals surface area contributed by atoms with Gasteiger partial charge in [0.15, 0.2) is 0 Å². The van der Waals surface area contributed by atoms with Gasteiger partial charge < -0.3 is 24.8 Å². The second kappa shape index (κ2) is 12.0. The van der Waals surface area contributed by atoms with Crippen molar-refractivity contribution in [3.05, 3.63) is 130 Å². The molecule has 0 radical (unpaired) electrons. The van der Waals surface area contributed by atoms with Gasteiger partial charge in [-0.15, -0.1) is 0 Å². The van der Waals surface area contributed by atoms with Gasteiger partial charge in [0.25, 0.3) is 0 Å². The summed E-state index contributed by atoms with van der Waals surface area (Å²) in [5, 5.41) is 0. The van der Waals surface area contributed by atoms with Crippen LogP contribution in [0.15, 0.2) is 108 Å². The SMILES string of the molecule is CCC1=Cc2c(-c3ccccc3)cccc2[CH]1[Hf+2]1([CH]2C(CC)=Cc3c(-c4ccccc4)cccc32)[CH2]C[CH2]1.[Cl-].[Cl-]. The molecule has 1 aliphatic heterocycles. The van der Waals surface area contributed by atoms with Gasteiger partial charge in [0, 0.05) is 0 Å². The van der Waals surface area contributed by atoms with Gasteiger partial charge in [-0.25, -0.2) is 0 Å². The van der Waals surface area contributed by atoms with Crippen molar-refractivity contribution >= 4 is 12.2 Å². The van der Waals surface area contributed by atoms with E-state index < -0.39 is 20.0 Å². The van der Waals surface area contributed by atoms with Crippen molar-refractivity contribution in [3.8, 4) is 22.3 Å². The molecular weight excluding hydrogens is 694 g/mol. The molecule has 40 heavy (non-hydrogen) atoms. The maximum atomic E-state index is 2.62. The fraction of sp³-hybridized carbons (Fsp3) is 0.243. The van der Waals surface area contributed by atoms with Crippen LogP contribution in [0.4, 0.5) is 0 Å². The normalized spacial score (nSPS) is 18.9. The number of rotatable bonds is 6. The van der Waals surface area contributed by atoms with Gasteiger partial charge >= 0.3 is 234 Å². The van der Waals surface area contributed by atoms with Crippen molar-refractivity contribution in [1.29, 1.82) is 0 Å². The van der Waals surface area contributed by atoms with Crippen molar-refractivity contribution in [2.24, 2.45) is 0 Å². The number of hydrogen-bond acceptors (Lipinski definition) is 0. The first-order valence-electron chi connectivity index (χ1n) is 14.5. The third-order valence-corrected chi connectivity index (χ3v) is 32.1. The number of allylic oxidation sites excluding steroid dienone is 2. The summed E-state index contributed by atoms with van der Waals surface area (Å²) in [5.74, 6) is 0. The predicted octanol–water partition coefficient (Wildman–Crippen LogP) is 4.82. The van der Waals surface area contributed by atoms with Crippen LogP contribution in [0.25, 0.3) is 34.4 Å². The molecule has 0 saturated carbocycles. The summed E-state index contributed by atoms with van der Waals surface area (Å²) in [6.45, 7) is 4.81. The van der Waals surface area contributed by atoms with E-state index in [9.17, 15) is 0 Å². The fourth-order valence-electron chi connectivity index (χ4n) is 7.97. The van der Waals surface area contributed by atoms with Gasteiger partial charge in [0.1, 0.15) is 0 Å². The van der Waals surface area contributed by atoms with E-state index >= 15 is 0 Å². The van der Waals surface area contributed by atoms with Crippen LogP contribution >= 0.6 is 0 Å². The van der Waals surface area contributed by atoms with E-state index in [-0.39, 0.29) is 24.8 Å². The molecule has 202 valence electrons. The molecule has 3 aliphatic rings. The molecule has 1 heterocycles. The zero-order valence-corrected chi connectivity index (χ0v) is 28.4. The van der Waals surface area contributed by atoms with Gasteiger partial charge in [-0.1, -0.05) is 0 Å². The molecule has 7 rings (SSSR count). The second-order valence-electron chi connectivity index (χ2n) is 11.4. The van der Waals surface area contributed by atoms with Gasteiger partial charge in [-0.3, -0.25) is 0 Å². The van der Waals surface area contributed by atoms with Crippen LogP contribution in [-0.2, 0) is 20.0 Å². The number of hydrogen-bond donors (Lipinski definition) is 0. The van der Waals surface area contributed by atoms with Crippen LogP contribution in [0.1, 0.15) is 62.7 Å². The zero-order chi connectivity index (χ0) is 25.7. The van der Waals surface area contributed by atoms with Crippen molar-refractivity contribution in [2.75, 3.05) is 0 Å². The minimum Gasteiger partial charge on any atom is -1.00 e. The zero-order valence-electron chi connectivity index (χ0n) is 23.3. The van der Waals surface area contributed by atoms with E-state index in [1.807, 2.05) is 0 Å². The maximum Gasteiger partial charge on any atom is -1.00 e. The molecule has 0 aromatic heterocycles. The van der Waals surface area contributed by atoms with Gasteiger partial charge in [-0.2, -0.15) is 0 Å². The molecule has 1 saturated heterocycles. The predicted molar refractivity (Wildman–Crippen MR) is 160 cm³/mol. The molecule has 0 amide bonds. The first-order chi connectivity index (χ1) is 18.7. The van der Waals surface area contributed by atoms with Crippen LogP contribution in [0, 0.1) is 0 Å². The molecule has 0 spiro atoms. The van der Waals surface area contributed by atoms with Crippen molar-refractivity contribution < 1.29 is 44.8 Å². The Morgan fingerprint density at radius 2 is 0.975 bits per heavy atom. The van der Waals surface area contributed by atoms with Gasteiger partial charge in [0.05, 0.1) is 0 Å². The Morgan fingerprint density at radius 3 is 1.32 bits per heavy atom. The second-order valence-corrected chi connectivity index (χ2v) is 28.0. The molecule has 0 bridgehead atoms. The van der Waals surface area contributed by atoms with Crippen LogP contribution in [-0.4, -0.2) is 0 Å². The van der Waals surface area contributed by atoms with Crippen LogP contribution in [0.5, 0.6) is 0 Å². The summed E-state index contributed by atoms with van der Waals surface area (Å²) in [5.41, 5.74) is 15.4. The molecular formula is C37H36Cl2Hf. The standard InChI is InChI=1S/2C17H15.C3H6.2ClH.Hf/c2*1-2-13-11-15-9-6-10-16(17(15)12-13)14-7-4-3-5-8-14;1-3-2;;;/h2*3-12H,2H2,1H3;1-3H2;2*1H;/q;;;;;+2/p-2. The van der Waals surface area contributed by atoms with E-state index in [4.69, 9.17) is 0 Å². The Kier molecular flexibility index (Phi) is 8.77. The quantitative estimate of drug-likeness (QED) is 0.250. The van der Waals surface area contributed by atoms with E-state index in [1.54, 1.807) is 22.3 Å². The number of benzene rings is 4. The first kappa shape index (κ1) is 29.3. The Morgan fingerprint density at radius 1 is 0.550 bits per heavy atom. The van der Waals surface area contributed by atoms with E-state index in [0.717, 1.165) is 0 Å². The monoisotopic (exact) mass is 730 g/mol. The van der Waals surface area contributed by atoms with Crippen LogP contribution in [0.2, 0.25) is 8.35 Å². The summed E-state index contributed by atoms with van der Waals surface area (Å²) in [6.07, 6.45) is 9.01. The molecule has 2 unspecified atom stereocenters. The Balaban J connectivity index is 0.00000161. The van der Waals surface area contributed by atoms with Crippen molar-refractivity contribution in [2.45, 2.75) is 48.8 Å². The number of halogens is 2. The van der Waals surface area contributed by atoms with Crippen LogP contribution < -0.4 is 24.8 Å². The smallest absolute Gasteiger partial charge is 1.00 e. The largest absolute Gasteiger partial charge is 1.00 e. The maximum absolute atomic E-state index is 2.92. The summed E-state index contributed by atoms with van der Waals surface area (Å²) in [7, 11) is 0. The molecule has 2 atom stereocenters. The molecule has 4 aromatic rings. The fourth-order valence-corrected chi connectivity index (χ4v) is 31.1. The molecule has 3 heteroatoms. The van der Waals surface area contributed by atoms with Gasteiger partial charge in [-0.05, 0) is 0 Å². The topological polar surface area (TPSA) is 0 Å². The average molecular weight is 730 g/mol. The first-order valence-corrected chi connectivity index (χ1v) is 23.8. The Bertz CT molecular complexity index is 1450. The van der Waals surface area contributed by atoms with E-state index in [2.05, 4.69) is 123 Å². The van der Waals surface area contributed by atoms with Crippen LogP contribution in [0.3, 0.4) is 0 Å². The molecule has 0 N–H and O–H groups in total. The molecule has 1 fully saturated rings. The summed E-state index contributed by atoms with van der Waals surface area (Å²) < 4.78 is 4.49. The molecule has 4 aromatic carbocycles. The minimum absolute atomic E-state index is 0. The molecule has 2 aliphatic carbocycles. The minimum atomic E-state index is -2.92. The summed E-state index contributed by atoms with van der Waals surface area (Å²) in [6, 6.07) is 36.5. The molecule has 0 nitrogen and oxygen atoms in total. The Hall–Kier alpha value is -2.19. The summed E-state index contributed by atoms with van der Waals surface area (Å²) in [4.78, 5) is 0. The van der Waals surface area contributed by atoms with E-state index in [1.165, 1.54) is 61.0 Å². The van der Waals surface area contributed by atoms with Crippen molar-refractivity contribution in [3.63, 3.8) is 0 Å². The summed E-state index contributed by atoms with van der Waals surface area (Å²) >= 11 is -2.92. The van der Waals surface area contributed by atoms with Crippen molar-refractivity contribution in [1.82, 2.24) is 0 Å². The Labute approximate surface area is 256 Å². The third-order valence-electron chi connectivity index (χ3n) is 9.72.